The van der Waals surface area contributed by atoms with Gasteiger partial charge in [0, 0.05) is 24.9 Å². The van der Waals surface area contributed by atoms with Crippen molar-refractivity contribution < 1.29 is 4.79 Å². The van der Waals surface area contributed by atoms with E-state index in [0.717, 1.165) is 25.1 Å². The lowest BCUT2D eigenvalue weighted by Crippen LogP contribution is -2.25. The molecule has 1 aromatic carbocycles. The number of carbonyl (C=O) groups is 1. The Kier molecular flexibility index (Phi) is 5.77. The van der Waals surface area contributed by atoms with Gasteiger partial charge in [-0.05, 0) is 37.0 Å². The summed E-state index contributed by atoms with van der Waals surface area (Å²) >= 11 is 0. The highest BCUT2D eigenvalue weighted by atomic mass is 16.1. The lowest BCUT2D eigenvalue weighted by Gasteiger charge is -2.05. The molecule has 0 spiro atoms. The van der Waals surface area contributed by atoms with E-state index in [1.54, 1.807) is 6.20 Å². The zero-order valence-corrected chi connectivity index (χ0v) is 11.6. The van der Waals surface area contributed by atoms with Crippen molar-refractivity contribution >= 4 is 5.91 Å². The van der Waals surface area contributed by atoms with Crippen LogP contribution in [0.2, 0.25) is 0 Å². The van der Waals surface area contributed by atoms with Crippen LogP contribution in [0.25, 0.3) is 0 Å². The van der Waals surface area contributed by atoms with E-state index in [-0.39, 0.29) is 5.91 Å². The Bertz CT molecular complexity index is 511. The minimum Gasteiger partial charge on any atom is -0.356 e. The summed E-state index contributed by atoms with van der Waals surface area (Å²) in [5.41, 5.74) is 2.28. The third-order valence-electron chi connectivity index (χ3n) is 3.14. The minimum atomic E-state index is 0.101. The van der Waals surface area contributed by atoms with E-state index in [0.29, 0.717) is 12.8 Å². The van der Waals surface area contributed by atoms with Crippen molar-refractivity contribution in [1.29, 1.82) is 0 Å². The normalized spacial score (nSPS) is 10.2. The van der Waals surface area contributed by atoms with Crippen LogP contribution in [0.3, 0.4) is 0 Å². The van der Waals surface area contributed by atoms with Crippen LogP contribution < -0.4 is 5.32 Å². The largest absolute Gasteiger partial charge is 0.356 e. The molecule has 1 heterocycles. The van der Waals surface area contributed by atoms with Gasteiger partial charge >= 0.3 is 0 Å². The fourth-order valence-electron chi connectivity index (χ4n) is 2.04. The fraction of sp³-hybridized carbons (Fsp3) is 0.294. The number of aromatic nitrogens is 1. The molecule has 1 aromatic heterocycles. The molecule has 20 heavy (non-hydrogen) atoms. The Labute approximate surface area is 120 Å². The van der Waals surface area contributed by atoms with Gasteiger partial charge in [-0.2, -0.15) is 0 Å². The molecule has 0 aliphatic carbocycles. The Morgan fingerprint density at radius 2 is 1.80 bits per heavy atom. The smallest absolute Gasteiger partial charge is 0.220 e. The van der Waals surface area contributed by atoms with Gasteiger partial charge in [-0.25, -0.2) is 0 Å². The summed E-state index contributed by atoms with van der Waals surface area (Å²) < 4.78 is 0. The second-order valence-electron chi connectivity index (χ2n) is 4.76. The van der Waals surface area contributed by atoms with Crippen LogP contribution in [0.5, 0.6) is 0 Å². The number of hydrogen-bond donors (Lipinski definition) is 1. The third kappa shape index (κ3) is 5.22. The molecule has 0 fully saturated rings. The maximum absolute atomic E-state index is 11.7. The molecule has 3 heteroatoms. The lowest BCUT2D eigenvalue weighted by molar-refractivity contribution is -0.121. The average Bonchev–Trinajstić information content (AvgIpc) is 2.52. The van der Waals surface area contributed by atoms with Crippen LogP contribution in [0.15, 0.2) is 54.7 Å². The summed E-state index contributed by atoms with van der Waals surface area (Å²) in [5.74, 6) is 0.101. The van der Waals surface area contributed by atoms with Crippen LogP contribution in [0.1, 0.15) is 24.1 Å². The highest BCUT2D eigenvalue weighted by Gasteiger charge is 2.02. The van der Waals surface area contributed by atoms with E-state index >= 15 is 0 Å². The molecule has 0 saturated carbocycles. The SMILES string of the molecule is O=C(CCc1ccccn1)NCCCc1ccccc1. The van der Waals surface area contributed by atoms with Gasteiger partial charge in [0.15, 0.2) is 0 Å². The number of pyridine rings is 1. The molecule has 2 rings (SSSR count). The minimum absolute atomic E-state index is 0.101. The lowest BCUT2D eigenvalue weighted by atomic mass is 10.1. The third-order valence-corrected chi connectivity index (χ3v) is 3.14. The summed E-state index contributed by atoms with van der Waals surface area (Å²) in [6.07, 6.45) is 4.93. The highest BCUT2D eigenvalue weighted by Crippen LogP contribution is 2.02. The Balaban J connectivity index is 1.59. The van der Waals surface area contributed by atoms with Crippen molar-refractivity contribution in [2.24, 2.45) is 0 Å². The highest BCUT2D eigenvalue weighted by molar-refractivity contribution is 5.76. The summed E-state index contributed by atoms with van der Waals surface area (Å²) in [6, 6.07) is 16.1. The molecule has 0 atom stereocenters. The molecule has 1 amide bonds. The molecule has 0 radical (unpaired) electrons. The number of benzene rings is 1. The van der Waals surface area contributed by atoms with E-state index in [9.17, 15) is 4.79 Å². The number of hydrogen-bond acceptors (Lipinski definition) is 2. The molecule has 0 aliphatic rings. The quantitative estimate of drug-likeness (QED) is 0.785. The molecule has 1 N–H and O–H groups in total. The summed E-state index contributed by atoms with van der Waals surface area (Å²) in [4.78, 5) is 15.9. The number of nitrogens with one attached hydrogen (secondary N) is 1. The Morgan fingerprint density at radius 3 is 2.55 bits per heavy atom. The van der Waals surface area contributed by atoms with Crippen molar-refractivity contribution in [3.05, 3.63) is 66.0 Å². The first-order valence-electron chi connectivity index (χ1n) is 7.05. The molecule has 0 unspecified atom stereocenters. The van der Waals surface area contributed by atoms with Gasteiger partial charge in [-0.15, -0.1) is 0 Å². The van der Waals surface area contributed by atoms with Crippen molar-refractivity contribution in [3.8, 4) is 0 Å². The predicted molar refractivity (Wildman–Crippen MR) is 80.3 cm³/mol. The molecule has 0 bridgehead atoms. The molecule has 0 saturated heterocycles. The van der Waals surface area contributed by atoms with Gasteiger partial charge in [0.25, 0.3) is 0 Å². The molecule has 3 nitrogen and oxygen atoms in total. The van der Waals surface area contributed by atoms with Crippen molar-refractivity contribution in [1.82, 2.24) is 10.3 Å². The zero-order chi connectivity index (χ0) is 14.0. The van der Waals surface area contributed by atoms with E-state index in [1.807, 2.05) is 36.4 Å². The van der Waals surface area contributed by atoms with Crippen molar-refractivity contribution in [3.63, 3.8) is 0 Å². The standard InChI is InChI=1S/C17H20N2O/c20-17(12-11-16-10-4-5-13-18-16)19-14-6-9-15-7-2-1-3-8-15/h1-5,7-8,10,13H,6,9,11-12,14H2,(H,19,20). The van der Waals surface area contributed by atoms with Crippen molar-refractivity contribution in [2.45, 2.75) is 25.7 Å². The predicted octanol–water partition coefficient (Wildman–Crippen LogP) is 2.76. The second kappa shape index (κ2) is 8.10. The van der Waals surface area contributed by atoms with Crippen LogP contribution in [0, 0.1) is 0 Å². The maximum atomic E-state index is 11.7. The van der Waals surface area contributed by atoms with Crippen LogP contribution in [0.4, 0.5) is 0 Å². The molecular weight excluding hydrogens is 248 g/mol. The van der Waals surface area contributed by atoms with Crippen molar-refractivity contribution in [2.75, 3.05) is 6.54 Å². The average molecular weight is 268 g/mol. The first-order valence-corrected chi connectivity index (χ1v) is 7.05. The molecule has 2 aromatic rings. The van der Waals surface area contributed by atoms with Gasteiger partial charge in [-0.1, -0.05) is 36.4 Å². The zero-order valence-electron chi connectivity index (χ0n) is 11.6. The Morgan fingerprint density at radius 1 is 1.00 bits per heavy atom. The summed E-state index contributed by atoms with van der Waals surface area (Å²) in [5, 5.41) is 2.96. The van der Waals surface area contributed by atoms with E-state index in [4.69, 9.17) is 0 Å². The number of amides is 1. The van der Waals surface area contributed by atoms with Gasteiger partial charge in [0.2, 0.25) is 5.91 Å². The number of carbonyl (C=O) groups excluding carboxylic acids is 1. The van der Waals surface area contributed by atoms with E-state index in [2.05, 4.69) is 22.4 Å². The topological polar surface area (TPSA) is 42.0 Å². The monoisotopic (exact) mass is 268 g/mol. The Hall–Kier alpha value is -2.16. The first-order chi connectivity index (χ1) is 9.84. The van der Waals surface area contributed by atoms with Crippen LogP contribution >= 0.6 is 0 Å². The van der Waals surface area contributed by atoms with Gasteiger partial charge in [0.1, 0.15) is 0 Å². The first kappa shape index (κ1) is 14.3. The van der Waals surface area contributed by atoms with Gasteiger partial charge in [-0.3, -0.25) is 9.78 Å². The van der Waals surface area contributed by atoms with E-state index < -0.39 is 0 Å². The van der Waals surface area contributed by atoms with E-state index in [1.165, 1.54) is 5.56 Å². The number of nitrogens with zero attached hydrogens (tertiary/aromatic N) is 1. The number of rotatable bonds is 7. The maximum Gasteiger partial charge on any atom is 0.220 e. The number of aryl methyl sites for hydroxylation is 2. The van der Waals surface area contributed by atoms with Crippen LogP contribution in [-0.4, -0.2) is 17.4 Å². The summed E-state index contributed by atoms with van der Waals surface area (Å²) in [6.45, 7) is 0.732. The van der Waals surface area contributed by atoms with Gasteiger partial charge < -0.3 is 5.32 Å². The van der Waals surface area contributed by atoms with Gasteiger partial charge in [0.05, 0.1) is 0 Å². The molecule has 0 aliphatic heterocycles. The second-order valence-corrected chi connectivity index (χ2v) is 4.76. The fourth-order valence-corrected chi connectivity index (χ4v) is 2.04. The molecular formula is C17H20N2O. The molecule has 104 valence electrons. The van der Waals surface area contributed by atoms with Crippen LogP contribution in [-0.2, 0) is 17.6 Å². The summed E-state index contributed by atoms with van der Waals surface area (Å²) in [7, 11) is 0.